The number of aromatic nitrogens is 4. The van der Waals surface area contributed by atoms with E-state index in [2.05, 4.69) is 32.9 Å². The first-order chi connectivity index (χ1) is 12.5. The number of halogens is 1. The van der Waals surface area contributed by atoms with E-state index < -0.39 is 6.04 Å². The van der Waals surface area contributed by atoms with E-state index in [1.54, 1.807) is 17.0 Å². The van der Waals surface area contributed by atoms with Gasteiger partial charge in [-0.3, -0.25) is 14.3 Å². The second-order valence-corrected chi connectivity index (χ2v) is 8.24. The Bertz CT molecular complexity index is 890. The van der Waals surface area contributed by atoms with E-state index in [-0.39, 0.29) is 11.6 Å². The van der Waals surface area contributed by atoms with Crippen LogP contribution in [-0.4, -0.2) is 43.2 Å². The van der Waals surface area contributed by atoms with Gasteiger partial charge < -0.3 is 4.90 Å². The zero-order valence-corrected chi connectivity index (χ0v) is 16.4. The molecule has 2 aromatic rings. The molecule has 1 fully saturated rings. The molecule has 2 aromatic heterocycles. The third-order valence-corrected chi connectivity index (χ3v) is 5.68. The molecule has 8 heteroatoms. The van der Waals surface area contributed by atoms with Crippen LogP contribution in [0.25, 0.3) is 0 Å². The van der Waals surface area contributed by atoms with E-state index in [0.717, 1.165) is 48.2 Å². The molecule has 0 unspecified atom stereocenters. The van der Waals surface area contributed by atoms with Gasteiger partial charge in [0.1, 0.15) is 11.9 Å². The predicted molar refractivity (Wildman–Crippen MR) is 99.9 cm³/mol. The Kier molecular flexibility index (Phi) is 4.69. The molecule has 138 valence electrons. The Morgan fingerprint density at radius 3 is 2.92 bits per heavy atom. The van der Waals surface area contributed by atoms with Gasteiger partial charge in [0, 0.05) is 36.4 Å². The fourth-order valence-electron chi connectivity index (χ4n) is 3.93. The van der Waals surface area contributed by atoms with E-state index in [4.69, 9.17) is 0 Å². The lowest BCUT2D eigenvalue weighted by Crippen LogP contribution is -2.41. The van der Waals surface area contributed by atoms with Crippen molar-refractivity contribution in [2.24, 2.45) is 5.92 Å². The highest BCUT2D eigenvalue weighted by Gasteiger charge is 2.35. The van der Waals surface area contributed by atoms with Crippen LogP contribution in [0.5, 0.6) is 0 Å². The first kappa shape index (κ1) is 17.5. The van der Waals surface area contributed by atoms with Crippen molar-refractivity contribution in [2.45, 2.75) is 45.2 Å². The van der Waals surface area contributed by atoms with Crippen LogP contribution in [0.3, 0.4) is 0 Å². The van der Waals surface area contributed by atoms with Gasteiger partial charge in [-0.1, -0.05) is 6.92 Å². The van der Waals surface area contributed by atoms with Crippen LogP contribution >= 0.6 is 15.9 Å². The molecule has 0 spiro atoms. The maximum absolute atomic E-state index is 13.0. The average molecular weight is 420 g/mol. The molecule has 0 saturated carbocycles. The summed E-state index contributed by atoms with van der Waals surface area (Å²) in [6.45, 7) is 4.10. The summed E-state index contributed by atoms with van der Waals surface area (Å²) < 4.78 is 3.94. The van der Waals surface area contributed by atoms with Crippen LogP contribution in [0.4, 0.5) is 0 Å². The predicted octanol–water partition coefficient (Wildman–Crippen LogP) is 2.00. The summed E-state index contributed by atoms with van der Waals surface area (Å²) >= 11 is 3.40. The first-order valence-electron chi connectivity index (χ1n) is 9.09. The van der Waals surface area contributed by atoms with E-state index in [9.17, 15) is 9.59 Å². The summed E-state index contributed by atoms with van der Waals surface area (Å²) in [5.74, 6) is 1.32. The molecule has 0 bridgehead atoms. The molecule has 1 saturated heterocycles. The molecular formula is C18H22BrN5O2. The number of hydrogen-bond donors (Lipinski definition) is 0. The number of amides is 1. The highest BCUT2D eigenvalue weighted by molar-refractivity contribution is 9.10. The summed E-state index contributed by atoms with van der Waals surface area (Å²) in [4.78, 5) is 32.0. The van der Waals surface area contributed by atoms with Crippen LogP contribution in [0.15, 0.2) is 27.7 Å². The topological polar surface area (TPSA) is 73.0 Å². The minimum Gasteiger partial charge on any atom is -0.341 e. The Hall–Kier alpha value is -1.96. The minimum atomic E-state index is -0.411. The van der Waals surface area contributed by atoms with Gasteiger partial charge in [0.2, 0.25) is 5.91 Å². The van der Waals surface area contributed by atoms with Crippen molar-refractivity contribution in [3.63, 3.8) is 0 Å². The van der Waals surface area contributed by atoms with Gasteiger partial charge in [0.25, 0.3) is 0 Å². The fraction of sp³-hybridized carbons (Fsp3) is 0.556. The van der Waals surface area contributed by atoms with E-state index in [0.29, 0.717) is 18.9 Å². The SMILES string of the molecule is C[C@H]1CCN(C(=O)[C@@H]2CCCc3nn(Cc4cncc(Br)c4)c(=O)n32)C1. The Morgan fingerprint density at radius 2 is 2.19 bits per heavy atom. The monoisotopic (exact) mass is 419 g/mol. The van der Waals surface area contributed by atoms with Crippen molar-refractivity contribution < 1.29 is 4.79 Å². The number of pyridine rings is 1. The second kappa shape index (κ2) is 6.98. The molecule has 7 nitrogen and oxygen atoms in total. The number of likely N-dealkylation sites (tertiary alicyclic amines) is 1. The van der Waals surface area contributed by atoms with Gasteiger partial charge in [0.15, 0.2) is 0 Å². The van der Waals surface area contributed by atoms with Gasteiger partial charge in [0.05, 0.1) is 6.54 Å². The van der Waals surface area contributed by atoms with Crippen LogP contribution in [0.1, 0.15) is 43.6 Å². The Morgan fingerprint density at radius 1 is 1.35 bits per heavy atom. The van der Waals surface area contributed by atoms with Crippen molar-refractivity contribution in [1.82, 2.24) is 24.2 Å². The van der Waals surface area contributed by atoms with Crippen LogP contribution in [0, 0.1) is 5.92 Å². The van der Waals surface area contributed by atoms with Gasteiger partial charge in [-0.15, -0.1) is 0 Å². The molecule has 0 N–H and O–H groups in total. The van der Waals surface area contributed by atoms with Crippen molar-refractivity contribution in [3.05, 3.63) is 44.8 Å². The Balaban J connectivity index is 1.63. The summed E-state index contributed by atoms with van der Waals surface area (Å²) in [5.41, 5.74) is 0.693. The molecule has 0 radical (unpaired) electrons. The lowest BCUT2D eigenvalue weighted by Gasteiger charge is -2.27. The fourth-order valence-corrected chi connectivity index (χ4v) is 4.34. The molecule has 0 aliphatic carbocycles. The minimum absolute atomic E-state index is 0.0704. The smallest absolute Gasteiger partial charge is 0.341 e. The summed E-state index contributed by atoms with van der Waals surface area (Å²) in [5, 5.41) is 4.50. The number of nitrogens with zero attached hydrogens (tertiary/aromatic N) is 5. The molecule has 0 aromatic carbocycles. The van der Waals surface area contributed by atoms with Crippen molar-refractivity contribution in [3.8, 4) is 0 Å². The lowest BCUT2D eigenvalue weighted by molar-refractivity contribution is -0.134. The van der Waals surface area contributed by atoms with Crippen LogP contribution in [-0.2, 0) is 17.8 Å². The van der Waals surface area contributed by atoms with Gasteiger partial charge in [-0.25, -0.2) is 9.48 Å². The highest BCUT2D eigenvalue weighted by atomic mass is 79.9. The molecule has 4 rings (SSSR count). The van der Waals surface area contributed by atoms with Crippen molar-refractivity contribution >= 4 is 21.8 Å². The van der Waals surface area contributed by atoms with Gasteiger partial charge in [-0.05, 0) is 52.7 Å². The van der Waals surface area contributed by atoms with Crippen molar-refractivity contribution in [2.75, 3.05) is 13.1 Å². The maximum atomic E-state index is 13.0. The Labute approximate surface area is 160 Å². The van der Waals surface area contributed by atoms with Crippen LogP contribution < -0.4 is 5.69 Å². The van der Waals surface area contributed by atoms with E-state index in [1.165, 1.54) is 4.68 Å². The molecule has 2 atom stereocenters. The van der Waals surface area contributed by atoms with Gasteiger partial charge in [-0.2, -0.15) is 5.10 Å². The van der Waals surface area contributed by atoms with Gasteiger partial charge >= 0.3 is 5.69 Å². The standard InChI is InChI=1S/C18H22BrN5O2/c1-12-5-6-22(10-12)17(25)15-3-2-4-16-21-23(18(26)24(15)16)11-13-7-14(19)9-20-8-13/h7-9,12,15H,2-6,10-11H2,1H3/t12-,15-/m0/s1. The maximum Gasteiger partial charge on any atom is 0.346 e. The average Bonchev–Trinajstić information content (AvgIpc) is 3.18. The quantitative estimate of drug-likeness (QED) is 0.762. The molecule has 1 amide bonds. The molecule has 2 aliphatic rings. The largest absolute Gasteiger partial charge is 0.346 e. The number of carbonyl (C=O) groups is 1. The first-order valence-corrected chi connectivity index (χ1v) is 9.88. The third-order valence-electron chi connectivity index (χ3n) is 5.25. The van der Waals surface area contributed by atoms with E-state index >= 15 is 0 Å². The number of rotatable bonds is 3. The number of aryl methyl sites for hydroxylation is 1. The second-order valence-electron chi connectivity index (χ2n) is 7.32. The summed E-state index contributed by atoms with van der Waals surface area (Å²) in [6.07, 6.45) is 6.80. The zero-order valence-electron chi connectivity index (χ0n) is 14.8. The molecular weight excluding hydrogens is 398 g/mol. The third kappa shape index (κ3) is 3.22. The number of carbonyl (C=O) groups excluding carboxylic acids is 1. The zero-order chi connectivity index (χ0) is 18.3. The molecule has 26 heavy (non-hydrogen) atoms. The summed E-state index contributed by atoms with van der Waals surface area (Å²) in [6, 6.07) is 1.51. The highest BCUT2D eigenvalue weighted by Crippen LogP contribution is 2.26. The van der Waals surface area contributed by atoms with Crippen LogP contribution in [0.2, 0.25) is 0 Å². The van der Waals surface area contributed by atoms with Crippen molar-refractivity contribution in [1.29, 1.82) is 0 Å². The molecule has 2 aliphatic heterocycles. The normalized spacial score (nSPS) is 22.5. The lowest BCUT2D eigenvalue weighted by atomic mass is 10.0. The number of hydrogen-bond acceptors (Lipinski definition) is 4. The number of fused-ring (bicyclic) bond motifs is 1. The summed E-state index contributed by atoms with van der Waals surface area (Å²) in [7, 11) is 0. The molecule has 4 heterocycles. The van der Waals surface area contributed by atoms with E-state index in [1.807, 2.05) is 11.0 Å².